The molecule has 0 saturated heterocycles. The zero-order valence-corrected chi connectivity index (χ0v) is 10.7. The molecule has 1 aromatic rings. The largest absolute Gasteiger partial charge is 0.352 e. The van der Waals surface area contributed by atoms with Crippen LogP contribution in [0, 0.1) is 0 Å². The van der Waals surface area contributed by atoms with Crippen molar-refractivity contribution < 1.29 is 4.79 Å². The average Bonchev–Trinajstić information content (AvgIpc) is 2.20. The van der Waals surface area contributed by atoms with Crippen LogP contribution in [0.15, 0.2) is 11.1 Å². The van der Waals surface area contributed by atoms with E-state index in [9.17, 15) is 9.59 Å². The number of carbonyl (C=O) groups excluding carboxylic acids is 1. The Kier molecular flexibility index (Phi) is 4.51. The van der Waals surface area contributed by atoms with E-state index in [2.05, 4.69) is 15.3 Å². The van der Waals surface area contributed by atoms with Crippen molar-refractivity contribution in [2.45, 2.75) is 19.9 Å². The summed E-state index contributed by atoms with van der Waals surface area (Å²) in [6.07, 6.45) is 1.25. The van der Waals surface area contributed by atoms with Gasteiger partial charge in [0.1, 0.15) is 5.02 Å². The predicted molar refractivity (Wildman–Crippen MR) is 66.4 cm³/mol. The topological polar surface area (TPSA) is 78.1 Å². The number of halogens is 1. The smallest absolute Gasteiger partial charge is 0.271 e. The van der Waals surface area contributed by atoms with Gasteiger partial charge in [-0.25, -0.2) is 4.98 Å². The summed E-state index contributed by atoms with van der Waals surface area (Å²) in [7, 11) is 1.65. The first-order valence-electron chi connectivity index (χ1n) is 5.15. The van der Waals surface area contributed by atoms with E-state index >= 15 is 0 Å². The minimum atomic E-state index is -0.423. The number of rotatable bonds is 4. The highest BCUT2D eigenvalue weighted by molar-refractivity contribution is 6.32. The molecule has 1 rings (SSSR count). The molecular weight excluding hydrogens is 244 g/mol. The first kappa shape index (κ1) is 13.5. The van der Waals surface area contributed by atoms with Crippen molar-refractivity contribution in [1.29, 1.82) is 0 Å². The minimum Gasteiger partial charge on any atom is -0.352 e. The molecule has 0 aliphatic rings. The summed E-state index contributed by atoms with van der Waals surface area (Å²) in [6, 6.07) is 0.0681. The number of amides is 1. The summed E-state index contributed by atoms with van der Waals surface area (Å²) >= 11 is 5.80. The highest BCUT2D eigenvalue weighted by Gasteiger charge is 2.14. The van der Waals surface area contributed by atoms with Crippen LogP contribution in [0.3, 0.4) is 0 Å². The van der Waals surface area contributed by atoms with Gasteiger partial charge in [-0.05, 0) is 13.8 Å². The van der Waals surface area contributed by atoms with Crippen LogP contribution in [0.2, 0.25) is 5.02 Å². The van der Waals surface area contributed by atoms with Crippen LogP contribution in [0.1, 0.15) is 13.8 Å². The third-order valence-corrected chi connectivity index (χ3v) is 2.31. The van der Waals surface area contributed by atoms with Crippen molar-refractivity contribution in [3.8, 4) is 0 Å². The highest BCUT2D eigenvalue weighted by atomic mass is 35.5. The number of aromatic amines is 1. The van der Waals surface area contributed by atoms with E-state index in [4.69, 9.17) is 11.6 Å². The third kappa shape index (κ3) is 3.74. The van der Waals surface area contributed by atoms with E-state index in [-0.39, 0.29) is 29.3 Å². The summed E-state index contributed by atoms with van der Waals surface area (Å²) in [5.41, 5.74) is -0.423. The molecule has 0 fully saturated rings. The Hall–Kier alpha value is -1.56. The van der Waals surface area contributed by atoms with Crippen molar-refractivity contribution in [3.05, 3.63) is 21.7 Å². The second kappa shape index (κ2) is 5.67. The number of likely N-dealkylation sites (N-methyl/N-ethyl adjacent to an activating group) is 1. The summed E-state index contributed by atoms with van der Waals surface area (Å²) in [5, 5.41) is 2.72. The van der Waals surface area contributed by atoms with Gasteiger partial charge < -0.3 is 15.2 Å². The van der Waals surface area contributed by atoms with Crippen LogP contribution < -0.4 is 15.8 Å². The molecule has 0 atom stereocenters. The first-order valence-corrected chi connectivity index (χ1v) is 5.53. The van der Waals surface area contributed by atoms with Gasteiger partial charge in [0.15, 0.2) is 5.82 Å². The molecule has 0 bridgehead atoms. The lowest BCUT2D eigenvalue weighted by Gasteiger charge is -2.18. The molecule has 0 aliphatic carbocycles. The summed E-state index contributed by atoms with van der Waals surface area (Å²) in [4.78, 5) is 30.6. The first-order chi connectivity index (χ1) is 7.91. The maximum Gasteiger partial charge on any atom is 0.271 e. The van der Waals surface area contributed by atoms with Gasteiger partial charge in [0, 0.05) is 13.1 Å². The Bertz CT molecular complexity index is 458. The second-order valence-corrected chi connectivity index (χ2v) is 4.33. The Morgan fingerprint density at radius 1 is 1.65 bits per heavy atom. The lowest BCUT2D eigenvalue weighted by atomic mass is 10.4. The van der Waals surface area contributed by atoms with Gasteiger partial charge in [0.25, 0.3) is 5.56 Å². The Labute approximate surface area is 104 Å². The van der Waals surface area contributed by atoms with Crippen LogP contribution in [-0.4, -0.2) is 35.5 Å². The molecule has 17 heavy (non-hydrogen) atoms. The van der Waals surface area contributed by atoms with E-state index in [1.807, 2.05) is 13.8 Å². The van der Waals surface area contributed by atoms with E-state index in [0.717, 1.165) is 0 Å². The normalized spacial score (nSPS) is 10.4. The number of aromatic nitrogens is 2. The molecule has 1 amide bonds. The fraction of sp³-hybridized carbons (Fsp3) is 0.500. The molecule has 6 nitrogen and oxygen atoms in total. The van der Waals surface area contributed by atoms with Gasteiger partial charge in [-0.15, -0.1) is 0 Å². The fourth-order valence-electron chi connectivity index (χ4n) is 1.30. The molecule has 0 spiro atoms. The van der Waals surface area contributed by atoms with Gasteiger partial charge >= 0.3 is 0 Å². The van der Waals surface area contributed by atoms with Gasteiger partial charge in [-0.1, -0.05) is 11.6 Å². The van der Waals surface area contributed by atoms with Crippen molar-refractivity contribution in [3.63, 3.8) is 0 Å². The molecule has 1 aromatic heterocycles. The Balaban J connectivity index is 2.77. The van der Waals surface area contributed by atoms with Crippen molar-refractivity contribution in [2.24, 2.45) is 0 Å². The van der Waals surface area contributed by atoms with Crippen LogP contribution >= 0.6 is 11.6 Å². The summed E-state index contributed by atoms with van der Waals surface area (Å²) in [5.74, 6) is 0.134. The second-order valence-electron chi connectivity index (χ2n) is 3.95. The number of anilines is 1. The number of nitrogens with one attached hydrogen (secondary N) is 2. The van der Waals surface area contributed by atoms with Crippen molar-refractivity contribution >= 4 is 23.3 Å². The van der Waals surface area contributed by atoms with Crippen LogP contribution in [-0.2, 0) is 4.79 Å². The zero-order chi connectivity index (χ0) is 13.0. The average molecular weight is 259 g/mol. The van der Waals surface area contributed by atoms with Crippen LogP contribution in [0.25, 0.3) is 0 Å². The van der Waals surface area contributed by atoms with Crippen LogP contribution in [0.5, 0.6) is 0 Å². The number of hydrogen-bond donors (Lipinski definition) is 2. The lowest BCUT2D eigenvalue weighted by Crippen LogP contribution is -2.39. The Morgan fingerprint density at radius 3 is 2.88 bits per heavy atom. The molecule has 0 radical (unpaired) electrons. The molecule has 0 aliphatic heterocycles. The fourth-order valence-corrected chi connectivity index (χ4v) is 1.55. The van der Waals surface area contributed by atoms with E-state index < -0.39 is 5.56 Å². The molecule has 0 unspecified atom stereocenters. The summed E-state index contributed by atoms with van der Waals surface area (Å²) in [6.45, 7) is 3.83. The maximum absolute atomic E-state index is 11.5. The molecule has 2 N–H and O–H groups in total. The summed E-state index contributed by atoms with van der Waals surface area (Å²) < 4.78 is 0. The lowest BCUT2D eigenvalue weighted by molar-refractivity contribution is -0.120. The van der Waals surface area contributed by atoms with Gasteiger partial charge in [-0.3, -0.25) is 9.59 Å². The molecule has 0 aromatic carbocycles. The number of H-pyrrole nitrogens is 1. The van der Waals surface area contributed by atoms with Crippen LogP contribution in [0.4, 0.5) is 5.82 Å². The van der Waals surface area contributed by atoms with Crippen molar-refractivity contribution in [2.75, 3.05) is 18.5 Å². The van der Waals surface area contributed by atoms with Gasteiger partial charge in [0.05, 0.1) is 12.9 Å². The molecular formula is C10H15ClN4O2. The highest BCUT2D eigenvalue weighted by Crippen LogP contribution is 2.15. The van der Waals surface area contributed by atoms with Gasteiger partial charge in [-0.2, -0.15) is 0 Å². The van der Waals surface area contributed by atoms with Crippen molar-refractivity contribution in [1.82, 2.24) is 15.3 Å². The van der Waals surface area contributed by atoms with E-state index in [0.29, 0.717) is 0 Å². The van der Waals surface area contributed by atoms with Gasteiger partial charge in [0.2, 0.25) is 5.91 Å². The molecule has 1 heterocycles. The SMILES string of the molecule is CC(C)NC(=O)CN(C)c1nc[nH]c(=O)c1Cl. The predicted octanol–water partition coefficient (Wildman–Crippen LogP) is 0.384. The van der Waals surface area contributed by atoms with E-state index in [1.165, 1.54) is 11.2 Å². The molecule has 7 heteroatoms. The quantitative estimate of drug-likeness (QED) is 0.819. The standard InChI is InChI=1S/C10H15ClN4O2/c1-6(2)14-7(16)4-15(3)9-8(11)10(17)13-5-12-9/h5-6H,4H2,1-3H3,(H,14,16)(H,12,13,17). The van der Waals surface area contributed by atoms with E-state index in [1.54, 1.807) is 7.05 Å². The third-order valence-electron chi connectivity index (χ3n) is 1.97. The Morgan fingerprint density at radius 2 is 2.29 bits per heavy atom. The zero-order valence-electron chi connectivity index (χ0n) is 9.95. The maximum atomic E-state index is 11.5. The number of hydrogen-bond acceptors (Lipinski definition) is 4. The molecule has 0 saturated carbocycles. The number of carbonyl (C=O) groups is 1. The molecule has 94 valence electrons. The minimum absolute atomic E-state index is 0.0210. The monoisotopic (exact) mass is 258 g/mol. The number of nitrogens with zero attached hydrogens (tertiary/aromatic N) is 2.